The molecule has 0 aliphatic carbocycles. The molecule has 0 bridgehead atoms. The van der Waals surface area contributed by atoms with E-state index in [0.29, 0.717) is 0 Å². The molecule has 1 aromatic carbocycles. The minimum atomic E-state index is -1.16. The maximum atomic E-state index is 12.7. The summed E-state index contributed by atoms with van der Waals surface area (Å²) in [6.45, 7) is 3.70. The Kier molecular flexibility index (Phi) is 5.56. The third-order valence-corrected chi connectivity index (χ3v) is 4.34. The van der Waals surface area contributed by atoms with Crippen LogP contribution in [-0.2, 0) is 14.3 Å². The molecule has 0 spiro atoms. The van der Waals surface area contributed by atoms with Crippen molar-refractivity contribution < 1.29 is 24.2 Å². The van der Waals surface area contributed by atoms with E-state index in [-0.39, 0.29) is 18.9 Å². The van der Waals surface area contributed by atoms with Gasteiger partial charge in [-0.3, -0.25) is 9.59 Å². The minimum Gasteiger partial charge on any atom is -0.480 e. The number of aliphatic carboxylic acids is 1. The van der Waals surface area contributed by atoms with E-state index in [4.69, 9.17) is 15.6 Å². The van der Waals surface area contributed by atoms with Gasteiger partial charge in [0.25, 0.3) is 0 Å². The van der Waals surface area contributed by atoms with Crippen LogP contribution in [0.4, 0.5) is 4.79 Å². The Bertz CT molecular complexity index is 617. The Morgan fingerprint density at radius 2 is 1.96 bits per heavy atom. The molecule has 0 radical (unpaired) electrons. The molecule has 3 N–H and O–H groups in total. The van der Waals surface area contributed by atoms with Crippen LogP contribution in [0.1, 0.15) is 31.9 Å². The molecule has 24 heavy (non-hydrogen) atoms. The zero-order chi connectivity index (χ0) is 17.9. The van der Waals surface area contributed by atoms with E-state index >= 15 is 0 Å². The second-order valence-corrected chi connectivity index (χ2v) is 6.24. The number of cyclic esters (lactones) is 1. The van der Waals surface area contributed by atoms with Crippen LogP contribution in [0, 0.1) is 11.8 Å². The molecule has 7 heteroatoms. The molecule has 1 fully saturated rings. The molecular weight excluding hydrogens is 312 g/mol. The predicted octanol–water partition coefficient (Wildman–Crippen LogP) is 1.78. The van der Waals surface area contributed by atoms with E-state index in [0.717, 1.165) is 10.5 Å². The Labute approximate surface area is 140 Å². The van der Waals surface area contributed by atoms with Crippen molar-refractivity contribution in [1.82, 2.24) is 4.90 Å². The SMILES string of the molecule is CC(C)[C@@H](CC(=O)N1C(=O)OC[C@@H]1c1ccccc1)[C@H](N)C(=O)O. The maximum Gasteiger partial charge on any atom is 0.417 e. The first-order valence-corrected chi connectivity index (χ1v) is 7.85. The van der Waals surface area contributed by atoms with Crippen molar-refractivity contribution in [2.45, 2.75) is 32.4 Å². The van der Waals surface area contributed by atoms with E-state index in [2.05, 4.69) is 0 Å². The van der Waals surface area contributed by atoms with Gasteiger partial charge >= 0.3 is 12.1 Å². The van der Waals surface area contributed by atoms with Gasteiger partial charge < -0.3 is 15.6 Å². The second-order valence-electron chi connectivity index (χ2n) is 6.24. The van der Waals surface area contributed by atoms with Crippen LogP contribution in [0.25, 0.3) is 0 Å². The van der Waals surface area contributed by atoms with E-state index in [1.807, 2.05) is 30.3 Å². The highest BCUT2D eigenvalue weighted by atomic mass is 16.6. The van der Waals surface area contributed by atoms with Crippen molar-refractivity contribution in [2.24, 2.45) is 17.6 Å². The Balaban J connectivity index is 2.19. The number of imide groups is 1. The summed E-state index contributed by atoms with van der Waals surface area (Å²) in [7, 11) is 0. The molecule has 1 aliphatic heterocycles. The van der Waals surface area contributed by atoms with Crippen LogP contribution >= 0.6 is 0 Å². The average Bonchev–Trinajstić information content (AvgIpc) is 2.94. The topological polar surface area (TPSA) is 110 Å². The molecule has 7 nitrogen and oxygen atoms in total. The number of carboxylic acid groups (broad SMARTS) is 1. The molecule has 0 saturated carbocycles. The van der Waals surface area contributed by atoms with E-state index in [1.54, 1.807) is 13.8 Å². The van der Waals surface area contributed by atoms with Gasteiger partial charge in [-0.1, -0.05) is 44.2 Å². The largest absolute Gasteiger partial charge is 0.480 e. The van der Waals surface area contributed by atoms with Gasteiger partial charge in [-0.25, -0.2) is 9.69 Å². The fourth-order valence-electron chi connectivity index (χ4n) is 2.88. The molecule has 1 heterocycles. The summed E-state index contributed by atoms with van der Waals surface area (Å²) in [5.74, 6) is -2.32. The molecule has 2 amide bonds. The normalized spacial score (nSPS) is 19.9. The minimum absolute atomic E-state index is 0.0892. The van der Waals surface area contributed by atoms with Gasteiger partial charge in [0.2, 0.25) is 5.91 Å². The predicted molar refractivity (Wildman–Crippen MR) is 85.9 cm³/mol. The summed E-state index contributed by atoms with van der Waals surface area (Å²) in [6.07, 6.45) is -0.830. The Morgan fingerprint density at radius 3 is 2.50 bits per heavy atom. The van der Waals surface area contributed by atoms with Gasteiger partial charge in [0.15, 0.2) is 0 Å². The molecule has 2 rings (SSSR count). The first kappa shape index (κ1) is 17.9. The third-order valence-electron chi connectivity index (χ3n) is 4.34. The lowest BCUT2D eigenvalue weighted by Gasteiger charge is -2.27. The molecule has 0 unspecified atom stereocenters. The number of nitrogens with zero attached hydrogens (tertiary/aromatic N) is 1. The number of hydrogen-bond donors (Lipinski definition) is 2. The zero-order valence-electron chi connectivity index (χ0n) is 13.7. The number of carbonyl (C=O) groups is 3. The summed E-state index contributed by atoms with van der Waals surface area (Å²) in [5.41, 5.74) is 6.49. The van der Waals surface area contributed by atoms with Gasteiger partial charge in [-0.05, 0) is 17.4 Å². The van der Waals surface area contributed by atoms with E-state index in [9.17, 15) is 14.4 Å². The van der Waals surface area contributed by atoms with E-state index in [1.165, 1.54) is 0 Å². The number of rotatable bonds is 6. The molecule has 3 atom stereocenters. The number of benzene rings is 1. The monoisotopic (exact) mass is 334 g/mol. The lowest BCUT2D eigenvalue weighted by atomic mass is 9.85. The molecule has 1 aromatic rings. The number of nitrogens with two attached hydrogens (primary N) is 1. The smallest absolute Gasteiger partial charge is 0.417 e. The molecule has 0 aromatic heterocycles. The summed E-state index contributed by atoms with van der Waals surface area (Å²) in [5, 5.41) is 9.12. The lowest BCUT2D eigenvalue weighted by Crippen LogP contribution is -2.44. The number of carbonyl (C=O) groups excluding carboxylic acids is 2. The summed E-state index contributed by atoms with van der Waals surface area (Å²) >= 11 is 0. The fraction of sp³-hybridized carbons (Fsp3) is 0.471. The van der Waals surface area contributed by atoms with Crippen LogP contribution in [0.3, 0.4) is 0 Å². The molecular formula is C17H22N2O5. The first-order chi connectivity index (χ1) is 11.3. The van der Waals surface area contributed by atoms with Crippen LogP contribution in [0.15, 0.2) is 30.3 Å². The van der Waals surface area contributed by atoms with Gasteiger partial charge in [-0.15, -0.1) is 0 Å². The van der Waals surface area contributed by atoms with Crippen LogP contribution in [-0.4, -0.2) is 40.6 Å². The molecule has 1 aliphatic rings. The number of ether oxygens (including phenoxy) is 1. The highest BCUT2D eigenvalue weighted by molar-refractivity contribution is 5.94. The quantitative estimate of drug-likeness (QED) is 0.820. The lowest BCUT2D eigenvalue weighted by molar-refractivity contribution is -0.141. The summed E-state index contributed by atoms with van der Waals surface area (Å²) < 4.78 is 5.02. The first-order valence-electron chi connectivity index (χ1n) is 7.85. The second kappa shape index (κ2) is 7.44. The van der Waals surface area contributed by atoms with Crippen molar-refractivity contribution in [3.8, 4) is 0 Å². The van der Waals surface area contributed by atoms with Crippen molar-refractivity contribution in [2.75, 3.05) is 6.61 Å². The van der Waals surface area contributed by atoms with Crippen molar-refractivity contribution in [1.29, 1.82) is 0 Å². The van der Waals surface area contributed by atoms with Crippen LogP contribution in [0.5, 0.6) is 0 Å². The third kappa shape index (κ3) is 3.73. The summed E-state index contributed by atoms with van der Waals surface area (Å²) in [4.78, 5) is 36.9. The van der Waals surface area contributed by atoms with Gasteiger partial charge in [0.05, 0.1) is 0 Å². The van der Waals surface area contributed by atoms with Crippen LogP contribution in [0.2, 0.25) is 0 Å². The van der Waals surface area contributed by atoms with Crippen molar-refractivity contribution in [3.05, 3.63) is 35.9 Å². The van der Waals surface area contributed by atoms with E-state index < -0.39 is 36.0 Å². The average molecular weight is 334 g/mol. The highest BCUT2D eigenvalue weighted by Crippen LogP contribution is 2.30. The maximum absolute atomic E-state index is 12.7. The van der Waals surface area contributed by atoms with Gasteiger partial charge in [-0.2, -0.15) is 0 Å². The standard InChI is InChI=1S/C17H22N2O5/c1-10(2)12(15(18)16(21)22)8-14(20)19-13(9-24-17(19)23)11-6-4-3-5-7-11/h3-7,10,12-13,15H,8-9,18H2,1-2H3,(H,21,22)/t12-,13-,15+/m1/s1. The summed E-state index contributed by atoms with van der Waals surface area (Å²) in [6, 6.07) is 7.44. The zero-order valence-corrected chi connectivity index (χ0v) is 13.7. The van der Waals surface area contributed by atoms with Crippen molar-refractivity contribution >= 4 is 18.0 Å². The number of carboxylic acids is 1. The highest BCUT2D eigenvalue weighted by Gasteiger charge is 2.41. The Hall–Kier alpha value is -2.41. The fourth-order valence-corrected chi connectivity index (χ4v) is 2.88. The number of amides is 2. The van der Waals surface area contributed by atoms with Crippen molar-refractivity contribution in [3.63, 3.8) is 0 Å². The molecule has 1 saturated heterocycles. The molecule has 130 valence electrons. The Morgan fingerprint density at radius 1 is 1.33 bits per heavy atom. The number of hydrogen-bond acceptors (Lipinski definition) is 5. The van der Waals surface area contributed by atoms with Gasteiger partial charge in [0, 0.05) is 6.42 Å². The van der Waals surface area contributed by atoms with Crippen LogP contribution < -0.4 is 5.73 Å². The van der Waals surface area contributed by atoms with Gasteiger partial charge in [0.1, 0.15) is 18.7 Å².